The van der Waals surface area contributed by atoms with E-state index in [1.807, 2.05) is 24.3 Å². The molecular weight excluding hydrogens is 279 g/mol. The molecule has 0 unspecified atom stereocenters. The molecule has 0 bridgehead atoms. The van der Waals surface area contributed by atoms with Gasteiger partial charge in [0.2, 0.25) is 0 Å². The Balaban J connectivity index is 1.58. The van der Waals surface area contributed by atoms with E-state index in [0.29, 0.717) is 12.1 Å². The largest absolute Gasteiger partial charge is 0.372 e. The van der Waals surface area contributed by atoms with Gasteiger partial charge in [0.1, 0.15) is 5.82 Å². The van der Waals surface area contributed by atoms with E-state index in [2.05, 4.69) is 10.2 Å². The highest BCUT2D eigenvalue weighted by molar-refractivity contribution is 5.94. The number of hydrogen-bond acceptors (Lipinski definition) is 2. The molecule has 1 aliphatic rings. The van der Waals surface area contributed by atoms with E-state index < -0.39 is 0 Å². The lowest BCUT2D eigenvalue weighted by atomic mass is 10.1. The Bertz CT molecular complexity index is 631. The first-order valence-corrected chi connectivity index (χ1v) is 7.60. The number of rotatable bonds is 4. The Hall–Kier alpha value is -2.36. The van der Waals surface area contributed by atoms with E-state index in [1.54, 1.807) is 12.1 Å². The fraction of sp³-hybridized carbons (Fsp3) is 0.278. The van der Waals surface area contributed by atoms with E-state index in [-0.39, 0.29) is 11.7 Å². The Morgan fingerprint density at radius 2 is 1.64 bits per heavy atom. The Kier molecular flexibility index (Phi) is 4.37. The van der Waals surface area contributed by atoms with Crippen LogP contribution in [0.25, 0.3) is 0 Å². The standard InChI is InChI=1S/C18H19FN2O/c19-16-7-3-14(4-8-16)13-20-18(22)15-5-9-17(10-6-15)21-11-1-2-12-21/h3-10H,1-2,11-13H2,(H,20,22). The number of halogens is 1. The summed E-state index contributed by atoms with van der Waals surface area (Å²) in [4.78, 5) is 14.5. The second-order valence-electron chi connectivity index (χ2n) is 5.55. The van der Waals surface area contributed by atoms with E-state index in [9.17, 15) is 9.18 Å². The molecule has 114 valence electrons. The van der Waals surface area contributed by atoms with E-state index in [4.69, 9.17) is 0 Å². The summed E-state index contributed by atoms with van der Waals surface area (Å²) in [5.74, 6) is -0.384. The molecule has 0 aliphatic carbocycles. The molecule has 3 rings (SSSR count). The number of nitrogens with zero attached hydrogens (tertiary/aromatic N) is 1. The molecule has 1 N–H and O–H groups in total. The molecule has 1 aliphatic heterocycles. The van der Waals surface area contributed by atoms with Crippen LogP contribution in [0.1, 0.15) is 28.8 Å². The number of carbonyl (C=O) groups is 1. The van der Waals surface area contributed by atoms with Crippen LogP contribution in [0, 0.1) is 5.82 Å². The molecule has 0 aromatic heterocycles. The predicted molar refractivity (Wildman–Crippen MR) is 85.5 cm³/mol. The first-order chi connectivity index (χ1) is 10.7. The minimum atomic E-state index is -0.271. The summed E-state index contributed by atoms with van der Waals surface area (Å²) in [7, 11) is 0. The molecule has 2 aromatic carbocycles. The first kappa shape index (κ1) is 14.6. The smallest absolute Gasteiger partial charge is 0.251 e. The van der Waals surface area contributed by atoms with Gasteiger partial charge in [0.25, 0.3) is 5.91 Å². The molecule has 1 saturated heterocycles. The van der Waals surface area contributed by atoms with Crippen LogP contribution in [0.2, 0.25) is 0 Å². The third-order valence-electron chi connectivity index (χ3n) is 3.97. The van der Waals surface area contributed by atoms with Gasteiger partial charge in [-0.2, -0.15) is 0 Å². The van der Waals surface area contributed by atoms with Crippen molar-refractivity contribution in [3.8, 4) is 0 Å². The Labute approximate surface area is 129 Å². The zero-order valence-electron chi connectivity index (χ0n) is 12.4. The van der Waals surface area contributed by atoms with Gasteiger partial charge in [-0.05, 0) is 54.8 Å². The second kappa shape index (κ2) is 6.60. The summed E-state index contributed by atoms with van der Waals surface area (Å²) in [6.45, 7) is 2.58. The van der Waals surface area contributed by atoms with Gasteiger partial charge >= 0.3 is 0 Å². The zero-order chi connectivity index (χ0) is 15.4. The minimum absolute atomic E-state index is 0.114. The number of anilines is 1. The second-order valence-corrected chi connectivity index (χ2v) is 5.55. The van der Waals surface area contributed by atoms with Gasteiger partial charge in [0.05, 0.1) is 0 Å². The summed E-state index contributed by atoms with van der Waals surface area (Å²) < 4.78 is 12.8. The van der Waals surface area contributed by atoms with Gasteiger partial charge in [-0.3, -0.25) is 4.79 Å². The van der Waals surface area contributed by atoms with Crippen LogP contribution < -0.4 is 10.2 Å². The van der Waals surface area contributed by atoms with E-state index in [0.717, 1.165) is 18.7 Å². The van der Waals surface area contributed by atoms with Crippen LogP contribution >= 0.6 is 0 Å². The summed E-state index contributed by atoms with van der Waals surface area (Å²) >= 11 is 0. The molecule has 0 atom stereocenters. The summed E-state index contributed by atoms with van der Waals surface area (Å²) in [6, 6.07) is 13.8. The third-order valence-corrected chi connectivity index (χ3v) is 3.97. The predicted octanol–water partition coefficient (Wildman–Crippen LogP) is 3.36. The Morgan fingerprint density at radius 1 is 1.00 bits per heavy atom. The highest BCUT2D eigenvalue weighted by Crippen LogP contribution is 2.20. The van der Waals surface area contributed by atoms with Gasteiger partial charge in [0.15, 0.2) is 0 Å². The van der Waals surface area contributed by atoms with Gasteiger partial charge in [0, 0.05) is 30.9 Å². The fourth-order valence-corrected chi connectivity index (χ4v) is 2.69. The van der Waals surface area contributed by atoms with Crippen molar-refractivity contribution in [3.05, 3.63) is 65.5 Å². The number of carbonyl (C=O) groups excluding carboxylic acids is 1. The van der Waals surface area contributed by atoms with Crippen LogP contribution in [-0.2, 0) is 6.54 Å². The van der Waals surface area contributed by atoms with Crippen molar-refractivity contribution < 1.29 is 9.18 Å². The first-order valence-electron chi connectivity index (χ1n) is 7.60. The van der Waals surface area contributed by atoms with Gasteiger partial charge in [-0.25, -0.2) is 4.39 Å². The molecule has 0 saturated carbocycles. The van der Waals surface area contributed by atoms with Crippen LogP contribution in [-0.4, -0.2) is 19.0 Å². The van der Waals surface area contributed by atoms with E-state index >= 15 is 0 Å². The molecular formula is C18H19FN2O. The lowest BCUT2D eigenvalue weighted by Crippen LogP contribution is -2.23. The topological polar surface area (TPSA) is 32.3 Å². The number of nitrogens with one attached hydrogen (secondary N) is 1. The van der Waals surface area contributed by atoms with Crippen molar-refractivity contribution in [2.45, 2.75) is 19.4 Å². The third kappa shape index (κ3) is 3.45. The minimum Gasteiger partial charge on any atom is -0.372 e. The van der Waals surface area contributed by atoms with Gasteiger partial charge < -0.3 is 10.2 Å². The molecule has 0 radical (unpaired) electrons. The number of hydrogen-bond donors (Lipinski definition) is 1. The van der Waals surface area contributed by atoms with Crippen molar-refractivity contribution >= 4 is 11.6 Å². The fourth-order valence-electron chi connectivity index (χ4n) is 2.69. The van der Waals surface area contributed by atoms with Crippen LogP contribution in [0.5, 0.6) is 0 Å². The quantitative estimate of drug-likeness (QED) is 0.938. The summed E-state index contributed by atoms with van der Waals surface area (Å²) in [5, 5.41) is 2.85. The molecule has 3 nitrogen and oxygen atoms in total. The van der Waals surface area contributed by atoms with E-state index in [1.165, 1.54) is 30.7 Å². The van der Waals surface area contributed by atoms with Crippen molar-refractivity contribution in [1.29, 1.82) is 0 Å². The van der Waals surface area contributed by atoms with Crippen molar-refractivity contribution in [2.75, 3.05) is 18.0 Å². The lowest BCUT2D eigenvalue weighted by molar-refractivity contribution is 0.0951. The molecule has 0 spiro atoms. The SMILES string of the molecule is O=C(NCc1ccc(F)cc1)c1ccc(N2CCCC2)cc1. The highest BCUT2D eigenvalue weighted by atomic mass is 19.1. The molecule has 4 heteroatoms. The highest BCUT2D eigenvalue weighted by Gasteiger charge is 2.13. The average molecular weight is 298 g/mol. The number of benzene rings is 2. The molecule has 22 heavy (non-hydrogen) atoms. The summed E-state index contributed by atoms with van der Waals surface area (Å²) in [5.41, 5.74) is 2.70. The maximum atomic E-state index is 12.8. The van der Waals surface area contributed by atoms with Crippen molar-refractivity contribution in [3.63, 3.8) is 0 Å². The normalized spacial score (nSPS) is 14.1. The lowest BCUT2D eigenvalue weighted by Gasteiger charge is -2.17. The Morgan fingerprint density at radius 3 is 2.27 bits per heavy atom. The maximum absolute atomic E-state index is 12.8. The molecule has 1 amide bonds. The van der Waals surface area contributed by atoms with Crippen LogP contribution in [0.4, 0.5) is 10.1 Å². The monoisotopic (exact) mass is 298 g/mol. The average Bonchev–Trinajstić information content (AvgIpc) is 3.09. The van der Waals surface area contributed by atoms with Crippen LogP contribution in [0.15, 0.2) is 48.5 Å². The zero-order valence-corrected chi connectivity index (χ0v) is 12.4. The molecule has 2 aromatic rings. The number of amides is 1. The molecule has 1 fully saturated rings. The van der Waals surface area contributed by atoms with Crippen molar-refractivity contribution in [2.24, 2.45) is 0 Å². The van der Waals surface area contributed by atoms with Crippen molar-refractivity contribution in [1.82, 2.24) is 5.32 Å². The summed E-state index contributed by atoms with van der Waals surface area (Å²) in [6.07, 6.45) is 2.47. The maximum Gasteiger partial charge on any atom is 0.251 e. The van der Waals surface area contributed by atoms with Gasteiger partial charge in [-0.15, -0.1) is 0 Å². The van der Waals surface area contributed by atoms with Gasteiger partial charge in [-0.1, -0.05) is 12.1 Å². The molecule has 1 heterocycles. The van der Waals surface area contributed by atoms with Crippen LogP contribution in [0.3, 0.4) is 0 Å².